The van der Waals surface area contributed by atoms with Crippen molar-refractivity contribution < 1.29 is 4.74 Å². The molecule has 4 nitrogen and oxygen atoms in total. The van der Waals surface area contributed by atoms with E-state index in [1.807, 2.05) is 36.3 Å². The Bertz CT molecular complexity index is 609. The van der Waals surface area contributed by atoms with Crippen molar-refractivity contribution >= 4 is 11.6 Å². The first-order valence-electron chi connectivity index (χ1n) is 6.85. The summed E-state index contributed by atoms with van der Waals surface area (Å²) in [5, 5.41) is 8.39. The number of nitrogens with one attached hydrogen (secondary N) is 1. The first kappa shape index (κ1) is 13.5. The lowest BCUT2D eigenvalue weighted by Gasteiger charge is -2.10. The number of fused-ring (bicyclic) bond motifs is 1. The molecule has 0 fully saturated rings. The maximum atomic E-state index is 6.15. The van der Waals surface area contributed by atoms with E-state index in [2.05, 4.69) is 10.4 Å². The summed E-state index contributed by atoms with van der Waals surface area (Å²) in [6.07, 6.45) is 5.87. The minimum absolute atomic E-state index is 0.762. The molecule has 0 amide bonds. The molecule has 1 aromatic carbocycles. The van der Waals surface area contributed by atoms with Crippen molar-refractivity contribution in [2.75, 3.05) is 13.2 Å². The Hall–Kier alpha value is -1.52. The van der Waals surface area contributed by atoms with Crippen LogP contribution in [0.15, 0.2) is 24.5 Å². The number of benzene rings is 1. The minimum atomic E-state index is 0.762. The Kier molecular flexibility index (Phi) is 3.94. The summed E-state index contributed by atoms with van der Waals surface area (Å²) in [5.74, 6) is 1.02. The van der Waals surface area contributed by atoms with Crippen molar-refractivity contribution in [1.29, 1.82) is 0 Å². The van der Waals surface area contributed by atoms with Gasteiger partial charge in [-0.1, -0.05) is 11.6 Å². The summed E-state index contributed by atoms with van der Waals surface area (Å²) < 4.78 is 7.52. The summed E-state index contributed by atoms with van der Waals surface area (Å²) in [7, 11) is 1.93. The van der Waals surface area contributed by atoms with E-state index < -0.39 is 0 Å². The highest BCUT2D eigenvalue weighted by Gasteiger charge is 2.17. The number of hydrogen-bond donors (Lipinski definition) is 1. The Labute approximate surface area is 123 Å². The van der Waals surface area contributed by atoms with E-state index in [0.29, 0.717) is 0 Å². The van der Waals surface area contributed by atoms with E-state index in [1.165, 1.54) is 11.1 Å². The van der Waals surface area contributed by atoms with Crippen LogP contribution in [0.1, 0.15) is 16.7 Å². The highest BCUT2D eigenvalue weighted by molar-refractivity contribution is 6.30. The molecule has 1 aliphatic rings. The molecule has 2 heterocycles. The lowest BCUT2D eigenvalue weighted by Crippen LogP contribution is -2.17. The van der Waals surface area contributed by atoms with Crippen LogP contribution in [-0.4, -0.2) is 22.9 Å². The van der Waals surface area contributed by atoms with Crippen LogP contribution in [0.4, 0.5) is 0 Å². The third-order valence-corrected chi connectivity index (χ3v) is 3.71. The summed E-state index contributed by atoms with van der Waals surface area (Å²) in [4.78, 5) is 0. The van der Waals surface area contributed by atoms with Gasteiger partial charge in [-0.15, -0.1) is 0 Å². The molecule has 0 aliphatic carbocycles. The van der Waals surface area contributed by atoms with Gasteiger partial charge < -0.3 is 10.1 Å². The van der Waals surface area contributed by atoms with Crippen molar-refractivity contribution in [3.63, 3.8) is 0 Å². The number of nitrogens with zero attached hydrogens (tertiary/aromatic N) is 2. The van der Waals surface area contributed by atoms with Crippen LogP contribution in [-0.2, 0) is 26.4 Å². The van der Waals surface area contributed by atoms with Crippen LogP contribution in [0.2, 0.25) is 5.02 Å². The van der Waals surface area contributed by atoms with Gasteiger partial charge in [0.1, 0.15) is 5.75 Å². The van der Waals surface area contributed by atoms with Crippen LogP contribution < -0.4 is 10.1 Å². The molecular weight excluding hydrogens is 274 g/mol. The molecule has 0 saturated heterocycles. The Balaban J connectivity index is 1.56. The smallest absolute Gasteiger partial charge is 0.127 e. The van der Waals surface area contributed by atoms with Crippen molar-refractivity contribution in [3.8, 4) is 5.75 Å². The molecule has 0 bridgehead atoms. The SMILES string of the molecule is Cn1cc(CCNCc2cc(Cl)cc3c2OCC3)cn1. The van der Waals surface area contributed by atoms with Gasteiger partial charge in [0.2, 0.25) is 0 Å². The van der Waals surface area contributed by atoms with Gasteiger partial charge in [-0.05, 0) is 36.2 Å². The van der Waals surface area contributed by atoms with Gasteiger partial charge in [-0.2, -0.15) is 5.10 Å². The molecule has 2 aromatic rings. The van der Waals surface area contributed by atoms with Gasteiger partial charge in [0.25, 0.3) is 0 Å². The second-order valence-corrected chi connectivity index (χ2v) is 5.54. The maximum absolute atomic E-state index is 6.15. The molecule has 20 heavy (non-hydrogen) atoms. The predicted octanol–water partition coefficient (Wildman–Crippen LogP) is 2.34. The summed E-state index contributed by atoms with van der Waals surface area (Å²) >= 11 is 6.15. The van der Waals surface area contributed by atoms with Gasteiger partial charge in [-0.25, -0.2) is 0 Å². The summed E-state index contributed by atoms with van der Waals surface area (Å²) in [5.41, 5.74) is 3.62. The van der Waals surface area contributed by atoms with Gasteiger partial charge >= 0.3 is 0 Å². The molecule has 0 saturated carbocycles. The first-order valence-corrected chi connectivity index (χ1v) is 7.22. The number of rotatable bonds is 5. The highest BCUT2D eigenvalue weighted by Crippen LogP contribution is 2.32. The van der Waals surface area contributed by atoms with Crippen LogP contribution in [0.3, 0.4) is 0 Å². The van der Waals surface area contributed by atoms with Crippen LogP contribution in [0, 0.1) is 0 Å². The van der Waals surface area contributed by atoms with E-state index in [9.17, 15) is 0 Å². The average molecular weight is 292 g/mol. The molecule has 3 rings (SSSR count). The molecule has 5 heteroatoms. The van der Waals surface area contributed by atoms with Crippen LogP contribution in [0.25, 0.3) is 0 Å². The van der Waals surface area contributed by atoms with Crippen LogP contribution >= 0.6 is 11.6 Å². The summed E-state index contributed by atoms with van der Waals surface area (Å²) in [6.45, 7) is 2.45. The average Bonchev–Trinajstić information content (AvgIpc) is 3.03. The van der Waals surface area contributed by atoms with Gasteiger partial charge in [-0.3, -0.25) is 4.68 Å². The molecule has 106 valence electrons. The Morgan fingerprint density at radius 2 is 2.35 bits per heavy atom. The predicted molar refractivity (Wildman–Crippen MR) is 79.3 cm³/mol. The molecule has 1 N–H and O–H groups in total. The zero-order valence-corrected chi connectivity index (χ0v) is 12.3. The van der Waals surface area contributed by atoms with Crippen molar-refractivity contribution in [2.24, 2.45) is 7.05 Å². The van der Waals surface area contributed by atoms with Crippen molar-refractivity contribution in [3.05, 3.63) is 46.2 Å². The number of aryl methyl sites for hydroxylation is 1. The van der Waals surface area contributed by atoms with E-state index in [0.717, 1.165) is 48.9 Å². The zero-order valence-electron chi connectivity index (χ0n) is 11.5. The topological polar surface area (TPSA) is 39.1 Å². The highest BCUT2D eigenvalue weighted by atomic mass is 35.5. The maximum Gasteiger partial charge on any atom is 0.127 e. The van der Waals surface area contributed by atoms with Gasteiger partial charge in [0.15, 0.2) is 0 Å². The zero-order chi connectivity index (χ0) is 13.9. The monoisotopic (exact) mass is 291 g/mol. The fourth-order valence-electron chi connectivity index (χ4n) is 2.53. The van der Waals surface area contributed by atoms with Crippen molar-refractivity contribution in [2.45, 2.75) is 19.4 Å². The van der Waals surface area contributed by atoms with Crippen LogP contribution in [0.5, 0.6) is 5.75 Å². The Morgan fingerprint density at radius 3 is 3.15 bits per heavy atom. The van der Waals surface area contributed by atoms with E-state index in [4.69, 9.17) is 16.3 Å². The second kappa shape index (κ2) is 5.85. The molecule has 0 unspecified atom stereocenters. The molecular formula is C15H18ClN3O. The molecule has 1 aromatic heterocycles. The number of aromatic nitrogens is 2. The van der Waals surface area contributed by atoms with E-state index >= 15 is 0 Å². The summed E-state index contributed by atoms with van der Waals surface area (Å²) in [6, 6.07) is 3.99. The minimum Gasteiger partial charge on any atom is -0.493 e. The fourth-order valence-corrected chi connectivity index (χ4v) is 2.80. The number of hydrogen-bond acceptors (Lipinski definition) is 3. The lowest BCUT2D eigenvalue weighted by atomic mass is 10.1. The van der Waals surface area contributed by atoms with Gasteiger partial charge in [0, 0.05) is 36.8 Å². The number of halogens is 1. The normalized spacial score (nSPS) is 13.3. The molecule has 0 atom stereocenters. The third kappa shape index (κ3) is 2.97. The Morgan fingerprint density at radius 1 is 1.45 bits per heavy atom. The quantitative estimate of drug-likeness (QED) is 0.860. The third-order valence-electron chi connectivity index (χ3n) is 3.49. The molecule has 1 aliphatic heterocycles. The lowest BCUT2D eigenvalue weighted by molar-refractivity contribution is 0.352. The van der Waals surface area contributed by atoms with Gasteiger partial charge in [0.05, 0.1) is 12.8 Å². The van der Waals surface area contributed by atoms with E-state index in [1.54, 1.807) is 0 Å². The molecule has 0 spiro atoms. The first-order chi connectivity index (χ1) is 9.72. The standard InChI is InChI=1S/C15H18ClN3O/c1-19-10-11(8-18-19)2-4-17-9-13-7-14(16)6-12-3-5-20-15(12)13/h6-8,10,17H,2-5,9H2,1H3. The molecule has 0 radical (unpaired) electrons. The van der Waals surface area contributed by atoms with E-state index in [-0.39, 0.29) is 0 Å². The van der Waals surface area contributed by atoms with Crippen molar-refractivity contribution in [1.82, 2.24) is 15.1 Å². The fraction of sp³-hybridized carbons (Fsp3) is 0.400. The number of ether oxygens (including phenoxy) is 1. The second-order valence-electron chi connectivity index (χ2n) is 5.10. The largest absolute Gasteiger partial charge is 0.493 e.